The molecule has 0 spiro atoms. The van der Waals surface area contributed by atoms with E-state index in [9.17, 15) is 32.5 Å². The van der Waals surface area contributed by atoms with Gasteiger partial charge in [-0.1, -0.05) is 44.2 Å². The summed E-state index contributed by atoms with van der Waals surface area (Å²) in [5, 5.41) is 17.4. The molecule has 13 heteroatoms. The minimum atomic E-state index is -5.17. The van der Waals surface area contributed by atoms with Crippen LogP contribution in [0.2, 0.25) is 0 Å². The van der Waals surface area contributed by atoms with Gasteiger partial charge in [-0.15, -0.1) is 0 Å². The third-order valence-corrected chi connectivity index (χ3v) is 6.12. The molecule has 3 amide bonds. The summed E-state index contributed by atoms with van der Waals surface area (Å²) in [5.74, 6) is -1.86. The van der Waals surface area contributed by atoms with Crippen LogP contribution in [0.4, 0.5) is 4.79 Å². The van der Waals surface area contributed by atoms with E-state index in [1.165, 1.54) is 0 Å². The molecular weight excluding hydrogens is 477 g/mol. The zero-order valence-corrected chi connectivity index (χ0v) is 22.3. The Hall–Kier alpha value is -1.70. The van der Waals surface area contributed by atoms with Crippen LogP contribution in [-0.4, -0.2) is 60.0 Å². The van der Waals surface area contributed by atoms with Crippen molar-refractivity contribution in [2.45, 2.75) is 57.2 Å². The van der Waals surface area contributed by atoms with E-state index in [0.29, 0.717) is 13.0 Å². The number of hydrogen-bond acceptors (Lipinski definition) is 8. The Bertz CT molecular complexity index is 929. The Morgan fingerprint density at radius 2 is 1.88 bits per heavy atom. The van der Waals surface area contributed by atoms with Gasteiger partial charge in [0.15, 0.2) is 5.44 Å². The molecule has 2 rings (SSSR count). The minimum Gasteiger partial charge on any atom is -0.746 e. The van der Waals surface area contributed by atoms with Crippen LogP contribution in [0.3, 0.4) is 0 Å². The second-order valence-corrected chi connectivity index (χ2v) is 9.87. The van der Waals surface area contributed by atoms with Gasteiger partial charge in [-0.25, -0.2) is 13.2 Å². The van der Waals surface area contributed by atoms with Crippen LogP contribution in [0.15, 0.2) is 30.3 Å². The molecule has 1 aliphatic rings. The molecule has 4 N–H and O–H groups in total. The number of hydrogen-bond donors (Lipinski definition) is 4. The van der Waals surface area contributed by atoms with Gasteiger partial charge in [0.2, 0.25) is 11.8 Å². The van der Waals surface area contributed by atoms with Crippen molar-refractivity contribution in [2.24, 2.45) is 11.8 Å². The zero-order chi connectivity index (χ0) is 24.6. The van der Waals surface area contributed by atoms with Gasteiger partial charge in [-0.2, -0.15) is 0 Å². The number of benzene rings is 1. The van der Waals surface area contributed by atoms with Crippen molar-refractivity contribution in [3.05, 3.63) is 35.9 Å². The van der Waals surface area contributed by atoms with Crippen molar-refractivity contribution in [2.75, 3.05) is 6.54 Å². The largest absolute Gasteiger partial charge is 1.00 e. The standard InChI is InChI=1S/C21H31N3O8S.Na/c1-13(2)10-16(24-21(28)32-12-14-6-4-3-5-7-14)19(26)23-17(20(27)33(29,30)31)11-15-8-9-22-18(15)25;/h3-7,13,15-17,20,27H,8-12H2,1-2H3,(H,22,25)(H,23,26)(H,24,28)(H,29,30,31);/q;+1/p-1/t15-,16+,17+,20?;/m1./s1. The van der Waals surface area contributed by atoms with E-state index in [1.807, 2.05) is 19.9 Å². The summed E-state index contributed by atoms with van der Waals surface area (Å²) >= 11 is 0. The predicted octanol–water partition coefficient (Wildman–Crippen LogP) is -2.79. The molecule has 0 bridgehead atoms. The number of alkyl carbamates (subject to hydrolysis) is 1. The Labute approximate surface area is 221 Å². The van der Waals surface area contributed by atoms with Gasteiger partial charge < -0.3 is 30.3 Å². The van der Waals surface area contributed by atoms with Crippen molar-refractivity contribution in [1.82, 2.24) is 16.0 Å². The maximum absolute atomic E-state index is 12.9. The fourth-order valence-electron chi connectivity index (χ4n) is 3.52. The molecule has 1 unspecified atom stereocenters. The van der Waals surface area contributed by atoms with E-state index in [2.05, 4.69) is 16.0 Å². The number of rotatable bonds is 11. The maximum Gasteiger partial charge on any atom is 1.00 e. The molecule has 1 aromatic rings. The normalized spacial score (nSPS) is 18.3. The monoisotopic (exact) mass is 507 g/mol. The number of carbonyl (C=O) groups excluding carboxylic acids is 3. The quantitative estimate of drug-likeness (QED) is 0.184. The number of nitrogens with one attached hydrogen (secondary N) is 3. The van der Waals surface area contributed by atoms with Gasteiger partial charge in [-0.05, 0) is 30.7 Å². The molecule has 1 heterocycles. The van der Waals surface area contributed by atoms with E-state index in [4.69, 9.17) is 4.74 Å². The van der Waals surface area contributed by atoms with Crippen LogP contribution in [0.5, 0.6) is 0 Å². The summed E-state index contributed by atoms with van der Waals surface area (Å²) in [6.07, 6.45) is -0.546. The molecule has 1 aromatic carbocycles. The molecule has 4 atom stereocenters. The molecule has 0 aliphatic carbocycles. The van der Waals surface area contributed by atoms with Crippen molar-refractivity contribution in [3.8, 4) is 0 Å². The summed E-state index contributed by atoms with van der Waals surface area (Å²) in [6.45, 7) is 3.98. The van der Waals surface area contributed by atoms with Crippen molar-refractivity contribution in [3.63, 3.8) is 0 Å². The summed E-state index contributed by atoms with van der Waals surface area (Å²) < 4.78 is 39.4. The van der Waals surface area contributed by atoms with Gasteiger partial charge in [0.1, 0.15) is 22.8 Å². The van der Waals surface area contributed by atoms with Gasteiger partial charge in [0, 0.05) is 12.5 Å². The third-order valence-electron chi connectivity index (χ3n) is 5.20. The predicted molar refractivity (Wildman–Crippen MR) is 116 cm³/mol. The molecule has 34 heavy (non-hydrogen) atoms. The van der Waals surface area contributed by atoms with E-state index in [1.54, 1.807) is 24.3 Å². The van der Waals surface area contributed by atoms with Gasteiger partial charge in [0.25, 0.3) is 0 Å². The molecule has 1 saturated heterocycles. The fraction of sp³-hybridized carbons (Fsp3) is 0.571. The molecule has 1 aliphatic heterocycles. The van der Waals surface area contributed by atoms with Crippen LogP contribution in [0, 0.1) is 11.8 Å². The van der Waals surface area contributed by atoms with Crippen LogP contribution in [0.25, 0.3) is 0 Å². The minimum absolute atomic E-state index is 0. The van der Waals surface area contributed by atoms with Crippen LogP contribution in [-0.2, 0) is 31.1 Å². The average Bonchev–Trinajstić information content (AvgIpc) is 3.14. The molecule has 1 fully saturated rings. The Morgan fingerprint density at radius 1 is 1.24 bits per heavy atom. The van der Waals surface area contributed by atoms with E-state index in [-0.39, 0.29) is 60.8 Å². The average molecular weight is 508 g/mol. The molecule has 184 valence electrons. The molecule has 11 nitrogen and oxygen atoms in total. The fourth-order valence-corrected chi connectivity index (χ4v) is 4.10. The Morgan fingerprint density at radius 3 is 2.41 bits per heavy atom. The van der Waals surface area contributed by atoms with Crippen LogP contribution < -0.4 is 45.5 Å². The maximum atomic E-state index is 12.9. The first-order chi connectivity index (χ1) is 15.5. The number of amides is 3. The summed E-state index contributed by atoms with van der Waals surface area (Å²) in [5.41, 5.74) is -1.70. The topological polar surface area (TPSA) is 174 Å². The zero-order valence-electron chi connectivity index (χ0n) is 19.5. The number of carbonyl (C=O) groups is 3. The summed E-state index contributed by atoms with van der Waals surface area (Å²) in [6, 6.07) is 6.27. The SMILES string of the molecule is CC(C)C[C@H](NC(=O)OCc1ccccc1)C(=O)N[C@@H](C[C@H]1CCNC1=O)C(O)S(=O)(=O)[O-].[Na+]. The Kier molecular flexibility index (Phi) is 12.5. The summed E-state index contributed by atoms with van der Waals surface area (Å²) in [7, 11) is -5.17. The van der Waals surface area contributed by atoms with Crippen molar-refractivity contribution < 1.29 is 66.8 Å². The van der Waals surface area contributed by atoms with E-state index >= 15 is 0 Å². The van der Waals surface area contributed by atoms with Crippen molar-refractivity contribution in [1.29, 1.82) is 0 Å². The van der Waals surface area contributed by atoms with Gasteiger partial charge in [-0.3, -0.25) is 9.59 Å². The first-order valence-corrected chi connectivity index (χ1v) is 12.1. The van der Waals surface area contributed by atoms with Crippen molar-refractivity contribution >= 4 is 28.0 Å². The van der Waals surface area contributed by atoms with Gasteiger partial charge in [0.05, 0.1) is 6.04 Å². The van der Waals surface area contributed by atoms with Crippen LogP contribution >= 0.6 is 0 Å². The number of aliphatic hydroxyl groups is 1. The summed E-state index contributed by atoms with van der Waals surface area (Å²) in [4.78, 5) is 37.0. The molecule has 0 aromatic heterocycles. The third kappa shape index (κ3) is 9.88. The number of aliphatic hydroxyl groups excluding tert-OH is 1. The first kappa shape index (κ1) is 30.3. The molecular formula is C21H30N3NaO8S. The molecule has 0 radical (unpaired) electrons. The smallest absolute Gasteiger partial charge is 0.746 e. The molecule has 0 saturated carbocycles. The van der Waals surface area contributed by atoms with Gasteiger partial charge >= 0.3 is 35.7 Å². The Balaban J connectivity index is 0.00000578. The van der Waals surface area contributed by atoms with E-state index in [0.717, 1.165) is 5.56 Å². The number of ether oxygens (including phenoxy) is 1. The van der Waals surface area contributed by atoms with E-state index < -0.39 is 45.6 Å². The second kappa shape index (κ2) is 14.0. The first-order valence-electron chi connectivity index (χ1n) is 10.7. The second-order valence-electron chi connectivity index (χ2n) is 8.40. The van der Waals surface area contributed by atoms with Crippen LogP contribution in [0.1, 0.15) is 38.7 Å².